The third-order valence-electron chi connectivity index (χ3n) is 2.35. The van der Waals surface area contributed by atoms with Crippen LogP contribution in [0.5, 0.6) is 0 Å². The summed E-state index contributed by atoms with van der Waals surface area (Å²) in [4.78, 5) is 4.26. The maximum atomic E-state index is 6.11. The van der Waals surface area contributed by atoms with Crippen molar-refractivity contribution in [3.8, 4) is 5.82 Å². The number of pyridine rings is 1. The molecular formula is C12H14ClN3. The standard InChI is InChI=1S/C12H14ClN3/c1-12(2,3)10-6-8-15-16(10)11-9(13)5-4-7-14-11/h4-8H,1-3H3. The smallest absolute Gasteiger partial charge is 0.172 e. The summed E-state index contributed by atoms with van der Waals surface area (Å²) in [6, 6.07) is 5.62. The quantitative estimate of drug-likeness (QED) is 0.760. The van der Waals surface area contributed by atoms with E-state index in [1.165, 1.54) is 0 Å². The van der Waals surface area contributed by atoms with Crippen LogP contribution < -0.4 is 0 Å². The van der Waals surface area contributed by atoms with Crippen LogP contribution in [0.15, 0.2) is 30.6 Å². The van der Waals surface area contributed by atoms with Gasteiger partial charge in [-0.25, -0.2) is 9.67 Å². The van der Waals surface area contributed by atoms with Crippen LogP contribution in [0.3, 0.4) is 0 Å². The summed E-state index contributed by atoms with van der Waals surface area (Å²) in [5.41, 5.74) is 1.10. The lowest BCUT2D eigenvalue weighted by Crippen LogP contribution is -2.18. The van der Waals surface area contributed by atoms with Crippen LogP contribution in [-0.2, 0) is 5.41 Å². The first-order chi connectivity index (χ1) is 7.50. The molecule has 0 aromatic carbocycles. The lowest BCUT2D eigenvalue weighted by Gasteiger charge is -2.20. The molecule has 0 fully saturated rings. The molecule has 0 bridgehead atoms. The van der Waals surface area contributed by atoms with Gasteiger partial charge in [0.2, 0.25) is 0 Å². The Balaban J connectivity index is 2.58. The first kappa shape index (κ1) is 11.1. The van der Waals surface area contributed by atoms with E-state index in [2.05, 4.69) is 30.9 Å². The number of rotatable bonds is 1. The van der Waals surface area contributed by atoms with Crippen molar-refractivity contribution in [2.24, 2.45) is 0 Å². The third kappa shape index (κ3) is 1.95. The molecule has 2 rings (SSSR count). The summed E-state index contributed by atoms with van der Waals surface area (Å²) in [5.74, 6) is 0.680. The highest BCUT2D eigenvalue weighted by Crippen LogP contribution is 2.26. The minimum atomic E-state index is 0.0113. The zero-order valence-corrected chi connectivity index (χ0v) is 10.4. The molecule has 0 aliphatic rings. The molecule has 0 atom stereocenters. The van der Waals surface area contributed by atoms with Gasteiger partial charge >= 0.3 is 0 Å². The van der Waals surface area contributed by atoms with Crippen LogP contribution >= 0.6 is 11.6 Å². The number of halogens is 1. The van der Waals surface area contributed by atoms with Crippen molar-refractivity contribution >= 4 is 11.6 Å². The molecule has 0 aliphatic heterocycles. The minimum Gasteiger partial charge on any atom is -0.236 e. The van der Waals surface area contributed by atoms with Gasteiger partial charge in [-0.2, -0.15) is 5.10 Å². The highest BCUT2D eigenvalue weighted by Gasteiger charge is 2.20. The number of aromatic nitrogens is 3. The fraction of sp³-hybridized carbons (Fsp3) is 0.333. The lowest BCUT2D eigenvalue weighted by atomic mass is 9.92. The second-order valence-corrected chi connectivity index (χ2v) is 5.09. The van der Waals surface area contributed by atoms with E-state index in [1.807, 2.05) is 18.2 Å². The maximum absolute atomic E-state index is 6.11. The predicted molar refractivity (Wildman–Crippen MR) is 65.1 cm³/mol. The molecular weight excluding hydrogens is 222 g/mol. The zero-order chi connectivity index (χ0) is 11.8. The van der Waals surface area contributed by atoms with E-state index < -0.39 is 0 Å². The minimum absolute atomic E-state index is 0.0113. The summed E-state index contributed by atoms with van der Waals surface area (Å²) in [6.07, 6.45) is 3.49. The normalized spacial score (nSPS) is 11.8. The molecule has 0 amide bonds. The molecule has 0 saturated heterocycles. The fourth-order valence-electron chi connectivity index (χ4n) is 1.57. The van der Waals surface area contributed by atoms with Gasteiger partial charge in [0.1, 0.15) is 0 Å². The zero-order valence-electron chi connectivity index (χ0n) is 9.61. The van der Waals surface area contributed by atoms with E-state index in [-0.39, 0.29) is 5.41 Å². The summed E-state index contributed by atoms with van der Waals surface area (Å²) in [7, 11) is 0. The Kier molecular flexibility index (Phi) is 2.72. The van der Waals surface area contributed by atoms with Gasteiger partial charge in [0, 0.05) is 17.8 Å². The summed E-state index contributed by atoms with van der Waals surface area (Å²) < 4.78 is 1.79. The average Bonchev–Trinajstić information content (AvgIpc) is 2.66. The largest absolute Gasteiger partial charge is 0.236 e. The Bertz CT molecular complexity index is 497. The SMILES string of the molecule is CC(C)(C)c1ccnn1-c1ncccc1Cl. The van der Waals surface area contributed by atoms with E-state index in [9.17, 15) is 0 Å². The molecule has 0 radical (unpaired) electrons. The Morgan fingerprint density at radius 2 is 1.94 bits per heavy atom. The van der Waals surface area contributed by atoms with Crippen molar-refractivity contribution < 1.29 is 0 Å². The van der Waals surface area contributed by atoms with Crippen LogP contribution in [0.2, 0.25) is 5.02 Å². The summed E-state index contributed by atoms with van der Waals surface area (Å²) >= 11 is 6.11. The molecule has 0 unspecified atom stereocenters. The lowest BCUT2D eigenvalue weighted by molar-refractivity contribution is 0.541. The predicted octanol–water partition coefficient (Wildman–Crippen LogP) is 3.22. The molecule has 2 heterocycles. The van der Waals surface area contributed by atoms with E-state index in [1.54, 1.807) is 17.1 Å². The van der Waals surface area contributed by atoms with E-state index in [0.29, 0.717) is 10.8 Å². The van der Waals surface area contributed by atoms with E-state index in [4.69, 9.17) is 11.6 Å². The first-order valence-corrected chi connectivity index (χ1v) is 5.53. The van der Waals surface area contributed by atoms with Crippen LogP contribution in [0, 0.1) is 0 Å². The van der Waals surface area contributed by atoms with Gasteiger partial charge in [-0.1, -0.05) is 32.4 Å². The molecule has 2 aromatic heterocycles. The van der Waals surface area contributed by atoms with Gasteiger partial charge in [-0.15, -0.1) is 0 Å². The van der Waals surface area contributed by atoms with Crippen LogP contribution in [0.25, 0.3) is 5.82 Å². The molecule has 84 valence electrons. The van der Waals surface area contributed by atoms with Gasteiger partial charge in [-0.05, 0) is 18.2 Å². The number of hydrogen-bond donors (Lipinski definition) is 0. The molecule has 0 saturated carbocycles. The van der Waals surface area contributed by atoms with Crippen molar-refractivity contribution in [1.29, 1.82) is 0 Å². The Hall–Kier alpha value is -1.35. The van der Waals surface area contributed by atoms with Crippen molar-refractivity contribution in [2.75, 3.05) is 0 Å². The van der Waals surface area contributed by atoms with Crippen molar-refractivity contribution in [3.63, 3.8) is 0 Å². The first-order valence-electron chi connectivity index (χ1n) is 5.15. The Labute approximate surface area is 100 Å². The van der Waals surface area contributed by atoms with Gasteiger partial charge in [-0.3, -0.25) is 0 Å². The fourth-order valence-corrected chi connectivity index (χ4v) is 1.77. The highest BCUT2D eigenvalue weighted by atomic mass is 35.5. The van der Waals surface area contributed by atoms with Gasteiger partial charge in [0.05, 0.1) is 10.7 Å². The van der Waals surface area contributed by atoms with Gasteiger partial charge in [0.25, 0.3) is 0 Å². The summed E-state index contributed by atoms with van der Waals surface area (Å²) in [5, 5.41) is 4.89. The molecule has 2 aromatic rings. The Morgan fingerprint density at radius 1 is 1.19 bits per heavy atom. The average molecular weight is 236 g/mol. The molecule has 0 N–H and O–H groups in total. The maximum Gasteiger partial charge on any atom is 0.172 e. The second kappa shape index (κ2) is 3.91. The molecule has 4 heteroatoms. The monoisotopic (exact) mass is 235 g/mol. The van der Waals surface area contributed by atoms with Crippen molar-refractivity contribution in [3.05, 3.63) is 41.3 Å². The van der Waals surface area contributed by atoms with Gasteiger partial charge in [0.15, 0.2) is 5.82 Å². The van der Waals surface area contributed by atoms with Crippen molar-refractivity contribution in [2.45, 2.75) is 26.2 Å². The third-order valence-corrected chi connectivity index (χ3v) is 2.65. The number of hydrogen-bond acceptors (Lipinski definition) is 2. The molecule has 16 heavy (non-hydrogen) atoms. The van der Waals surface area contributed by atoms with Crippen LogP contribution in [-0.4, -0.2) is 14.8 Å². The molecule has 0 spiro atoms. The topological polar surface area (TPSA) is 30.7 Å². The summed E-state index contributed by atoms with van der Waals surface area (Å²) in [6.45, 7) is 6.41. The van der Waals surface area contributed by atoms with Crippen LogP contribution in [0.1, 0.15) is 26.5 Å². The number of nitrogens with zero attached hydrogens (tertiary/aromatic N) is 3. The van der Waals surface area contributed by atoms with Gasteiger partial charge < -0.3 is 0 Å². The van der Waals surface area contributed by atoms with E-state index in [0.717, 1.165) is 5.69 Å². The molecule has 0 aliphatic carbocycles. The highest BCUT2D eigenvalue weighted by molar-refractivity contribution is 6.32. The Morgan fingerprint density at radius 3 is 2.56 bits per heavy atom. The second-order valence-electron chi connectivity index (χ2n) is 4.69. The molecule has 3 nitrogen and oxygen atoms in total. The van der Waals surface area contributed by atoms with E-state index >= 15 is 0 Å². The van der Waals surface area contributed by atoms with Crippen LogP contribution in [0.4, 0.5) is 0 Å². The van der Waals surface area contributed by atoms with Crippen molar-refractivity contribution in [1.82, 2.24) is 14.8 Å².